The van der Waals surface area contributed by atoms with Crippen LogP contribution in [-0.4, -0.2) is 16.1 Å². The summed E-state index contributed by atoms with van der Waals surface area (Å²) in [5, 5.41) is 4.41. The van der Waals surface area contributed by atoms with Gasteiger partial charge in [0.05, 0.1) is 16.1 Å². The third kappa shape index (κ3) is 2.85. The van der Waals surface area contributed by atoms with Crippen LogP contribution in [0.5, 0.6) is 0 Å². The molecule has 0 aliphatic heterocycles. The summed E-state index contributed by atoms with van der Waals surface area (Å²) in [6, 6.07) is 0. The summed E-state index contributed by atoms with van der Waals surface area (Å²) in [5.74, 6) is 0. The van der Waals surface area contributed by atoms with Gasteiger partial charge in [-0.2, -0.15) is 0 Å². The topological polar surface area (TPSA) is 0 Å². The molecule has 0 saturated carbocycles. The smallest absolute Gasteiger partial charge is 0.0816 e. The van der Waals surface area contributed by atoms with Gasteiger partial charge in [-0.05, 0) is 16.5 Å². The van der Waals surface area contributed by atoms with Crippen LogP contribution in [0.25, 0.3) is 0 Å². The number of hydrogen-bond donors (Lipinski definition) is 0. The lowest BCUT2D eigenvalue weighted by atomic mass is 10.2. The summed E-state index contributed by atoms with van der Waals surface area (Å²) >= 11 is 0. The van der Waals surface area contributed by atoms with Gasteiger partial charge >= 0.3 is 0 Å². The maximum absolute atomic E-state index is 2.56. The van der Waals surface area contributed by atoms with Crippen LogP contribution in [0, 0.1) is 0 Å². The Hall–Kier alpha value is -0.0862. The van der Waals surface area contributed by atoms with E-state index in [2.05, 4.69) is 79.9 Å². The molecule has 0 aromatic heterocycles. The SMILES string of the molecule is CC(C)(C)[Si](C)(C)C1=CCC=C1[Si](C)(C)C(C)(C)C. The van der Waals surface area contributed by atoms with Crippen molar-refractivity contribution in [3.05, 3.63) is 22.5 Å². The highest BCUT2D eigenvalue weighted by Crippen LogP contribution is 2.51. The summed E-state index contributed by atoms with van der Waals surface area (Å²) in [6.07, 6.45) is 6.27. The van der Waals surface area contributed by atoms with Gasteiger partial charge in [0, 0.05) is 0 Å². The van der Waals surface area contributed by atoms with Crippen molar-refractivity contribution in [3.8, 4) is 0 Å². The van der Waals surface area contributed by atoms with Crippen LogP contribution in [0.15, 0.2) is 22.5 Å². The molecule has 1 rings (SSSR count). The molecule has 0 bridgehead atoms. The number of rotatable bonds is 2. The van der Waals surface area contributed by atoms with Crippen molar-refractivity contribution < 1.29 is 0 Å². The molecule has 0 aromatic carbocycles. The van der Waals surface area contributed by atoms with Crippen molar-refractivity contribution >= 4 is 16.1 Å². The van der Waals surface area contributed by atoms with Gasteiger partial charge in [-0.3, -0.25) is 0 Å². The van der Waals surface area contributed by atoms with E-state index in [9.17, 15) is 0 Å². The number of allylic oxidation sites excluding steroid dienone is 4. The van der Waals surface area contributed by atoms with Gasteiger partial charge < -0.3 is 0 Å². The standard InChI is InChI=1S/C17H34Si2/c1-16(2,3)18(7,8)14-12-11-13-15(14)19(9,10)17(4,5)6/h12-13H,11H2,1-10H3. The Balaban J connectivity index is 3.26. The van der Waals surface area contributed by atoms with E-state index in [0.717, 1.165) is 0 Å². The average molecular weight is 295 g/mol. The molecule has 0 spiro atoms. The van der Waals surface area contributed by atoms with Gasteiger partial charge in [0.1, 0.15) is 0 Å². The van der Waals surface area contributed by atoms with Crippen LogP contribution < -0.4 is 0 Å². The second-order valence-electron chi connectivity index (χ2n) is 9.22. The second kappa shape index (κ2) is 4.73. The zero-order chi connectivity index (χ0) is 15.3. The molecule has 0 nitrogen and oxygen atoms in total. The first-order chi connectivity index (χ1) is 8.23. The average Bonchev–Trinajstić information content (AvgIpc) is 2.62. The van der Waals surface area contributed by atoms with Crippen LogP contribution in [-0.2, 0) is 0 Å². The first-order valence-corrected chi connectivity index (χ1v) is 13.6. The first kappa shape index (κ1) is 17.0. The third-order valence-corrected chi connectivity index (χ3v) is 17.4. The van der Waals surface area contributed by atoms with Gasteiger partial charge in [-0.15, -0.1) is 0 Å². The molecular formula is C17H34Si2. The fourth-order valence-corrected chi connectivity index (χ4v) is 8.80. The lowest BCUT2D eigenvalue weighted by molar-refractivity contribution is 0.719. The molecule has 0 unspecified atom stereocenters. The van der Waals surface area contributed by atoms with Crippen LogP contribution in [0.1, 0.15) is 48.0 Å². The van der Waals surface area contributed by atoms with Gasteiger partial charge in [0.25, 0.3) is 0 Å². The van der Waals surface area contributed by atoms with Crippen LogP contribution >= 0.6 is 0 Å². The highest BCUT2D eigenvalue weighted by atomic mass is 28.3. The van der Waals surface area contributed by atoms with Crippen LogP contribution in [0.3, 0.4) is 0 Å². The van der Waals surface area contributed by atoms with Crippen LogP contribution in [0.4, 0.5) is 0 Å². The Morgan fingerprint density at radius 1 is 0.684 bits per heavy atom. The molecule has 0 saturated heterocycles. The van der Waals surface area contributed by atoms with E-state index < -0.39 is 16.1 Å². The predicted molar refractivity (Wildman–Crippen MR) is 95.2 cm³/mol. The molecule has 0 radical (unpaired) electrons. The predicted octanol–water partition coefficient (Wildman–Crippen LogP) is 6.34. The Labute approximate surface area is 123 Å². The Kier molecular flexibility index (Phi) is 4.22. The van der Waals surface area contributed by atoms with Crippen LogP contribution in [0.2, 0.25) is 36.3 Å². The molecular weight excluding hydrogens is 260 g/mol. The fourth-order valence-electron chi connectivity index (χ4n) is 2.51. The second-order valence-corrected chi connectivity index (χ2v) is 19.8. The van der Waals surface area contributed by atoms with Crippen molar-refractivity contribution in [1.82, 2.24) is 0 Å². The lowest BCUT2D eigenvalue weighted by Gasteiger charge is -2.45. The van der Waals surface area contributed by atoms with E-state index in [1.807, 2.05) is 0 Å². The minimum absolute atomic E-state index is 0.435. The highest BCUT2D eigenvalue weighted by Gasteiger charge is 2.47. The monoisotopic (exact) mass is 294 g/mol. The molecule has 0 fully saturated rings. The van der Waals surface area contributed by atoms with Crippen molar-refractivity contribution in [2.75, 3.05) is 0 Å². The van der Waals surface area contributed by atoms with Crippen molar-refractivity contribution in [2.24, 2.45) is 0 Å². The minimum atomic E-state index is -1.40. The Morgan fingerprint density at radius 2 is 0.947 bits per heavy atom. The summed E-state index contributed by atoms with van der Waals surface area (Å²) < 4.78 is 0. The van der Waals surface area contributed by atoms with Gasteiger partial charge in [0.2, 0.25) is 0 Å². The molecule has 1 aliphatic rings. The first-order valence-electron chi connectivity index (χ1n) is 7.64. The Morgan fingerprint density at radius 3 is 1.16 bits per heavy atom. The molecule has 2 heteroatoms. The zero-order valence-electron chi connectivity index (χ0n) is 14.9. The molecule has 110 valence electrons. The van der Waals surface area contributed by atoms with E-state index in [-0.39, 0.29) is 0 Å². The normalized spacial score (nSPS) is 18.4. The van der Waals surface area contributed by atoms with Gasteiger partial charge in [-0.25, -0.2) is 0 Å². The third-order valence-electron chi connectivity index (χ3n) is 6.03. The minimum Gasteiger partial charge on any atom is -0.0816 e. The van der Waals surface area contributed by atoms with Crippen molar-refractivity contribution in [1.29, 1.82) is 0 Å². The molecule has 0 N–H and O–H groups in total. The van der Waals surface area contributed by atoms with E-state index in [4.69, 9.17) is 0 Å². The van der Waals surface area contributed by atoms with E-state index in [1.54, 1.807) is 10.4 Å². The van der Waals surface area contributed by atoms with Crippen molar-refractivity contribution in [3.63, 3.8) is 0 Å². The molecule has 0 amide bonds. The molecule has 19 heavy (non-hydrogen) atoms. The lowest BCUT2D eigenvalue weighted by Crippen LogP contribution is -2.47. The summed E-state index contributed by atoms with van der Waals surface area (Å²) in [7, 11) is -2.79. The largest absolute Gasteiger partial charge is 0.0853 e. The quantitative estimate of drug-likeness (QED) is 0.521. The molecule has 0 aromatic rings. The number of hydrogen-bond acceptors (Lipinski definition) is 0. The van der Waals surface area contributed by atoms with Crippen molar-refractivity contribution in [2.45, 2.75) is 84.2 Å². The maximum Gasteiger partial charge on any atom is 0.0853 e. The summed E-state index contributed by atoms with van der Waals surface area (Å²) in [6.45, 7) is 24.8. The summed E-state index contributed by atoms with van der Waals surface area (Å²) in [4.78, 5) is 0. The van der Waals surface area contributed by atoms with E-state index in [1.165, 1.54) is 6.42 Å². The fraction of sp³-hybridized carbons (Fsp3) is 0.765. The van der Waals surface area contributed by atoms with E-state index >= 15 is 0 Å². The maximum atomic E-state index is 2.56. The van der Waals surface area contributed by atoms with Gasteiger partial charge in [-0.1, -0.05) is 90.3 Å². The molecule has 0 heterocycles. The molecule has 0 atom stereocenters. The molecule has 1 aliphatic carbocycles. The highest BCUT2D eigenvalue weighted by molar-refractivity contribution is 6.95. The summed E-state index contributed by atoms with van der Waals surface area (Å²) in [5.41, 5.74) is 0. The van der Waals surface area contributed by atoms with E-state index in [0.29, 0.717) is 10.1 Å². The van der Waals surface area contributed by atoms with Gasteiger partial charge in [0.15, 0.2) is 0 Å². The zero-order valence-corrected chi connectivity index (χ0v) is 16.9. The Bertz CT molecular complexity index is 370.